The highest BCUT2D eigenvalue weighted by molar-refractivity contribution is 5.34. The van der Waals surface area contributed by atoms with Crippen molar-refractivity contribution in [2.75, 3.05) is 26.2 Å². The zero-order valence-corrected chi connectivity index (χ0v) is 15.5. The molecule has 2 heterocycles. The minimum Gasteiger partial charge on any atom is -0.306 e. The molecule has 0 aliphatic carbocycles. The zero-order valence-electron chi connectivity index (χ0n) is 15.5. The third-order valence-corrected chi connectivity index (χ3v) is 5.18. The molecule has 0 radical (unpaired) electrons. The zero-order chi connectivity index (χ0) is 18.5. The molecule has 1 saturated heterocycles. The van der Waals surface area contributed by atoms with Gasteiger partial charge in [0.1, 0.15) is 5.82 Å². The first-order valence-corrected chi connectivity index (χ1v) is 9.53. The van der Waals surface area contributed by atoms with Crippen LogP contribution < -0.4 is 0 Å². The van der Waals surface area contributed by atoms with E-state index in [-0.39, 0.29) is 5.82 Å². The Labute approximate surface area is 159 Å². The molecule has 0 spiro atoms. The molecular formula is C22H25FN4. The van der Waals surface area contributed by atoms with Crippen LogP contribution >= 0.6 is 0 Å². The summed E-state index contributed by atoms with van der Waals surface area (Å²) >= 11 is 0. The molecule has 2 aromatic carbocycles. The Bertz CT molecular complexity index is 845. The maximum absolute atomic E-state index is 13.9. The predicted octanol–water partition coefficient (Wildman–Crippen LogP) is 3.72. The first kappa shape index (κ1) is 17.9. The van der Waals surface area contributed by atoms with Crippen molar-refractivity contribution in [2.45, 2.75) is 19.5 Å². The van der Waals surface area contributed by atoms with Gasteiger partial charge < -0.3 is 4.57 Å². The Morgan fingerprint density at radius 1 is 0.852 bits per heavy atom. The molecule has 3 aromatic rings. The molecule has 4 rings (SSSR count). The fraction of sp³-hybridized carbons (Fsp3) is 0.318. The number of hydrogen-bond acceptors (Lipinski definition) is 3. The highest BCUT2D eigenvalue weighted by Gasteiger charge is 2.16. The van der Waals surface area contributed by atoms with Crippen LogP contribution in [0.1, 0.15) is 17.5 Å². The second kappa shape index (κ2) is 8.46. The van der Waals surface area contributed by atoms with Crippen molar-refractivity contribution in [3.63, 3.8) is 0 Å². The van der Waals surface area contributed by atoms with E-state index in [9.17, 15) is 4.39 Å². The molecular weight excluding hydrogens is 339 g/mol. The Hall–Kier alpha value is -2.50. The minimum absolute atomic E-state index is 0.100. The van der Waals surface area contributed by atoms with E-state index in [4.69, 9.17) is 0 Å². The number of rotatable bonds is 5. The third-order valence-electron chi connectivity index (χ3n) is 5.18. The van der Waals surface area contributed by atoms with Crippen molar-refractivity contribution < 1.29 is 4.39 Å². The van der Waals surface area contributed by atoms with Crippen LogP contribution in [-0.2, 0) is 13.1 Å². The number of nitrogens with zero attached hydrogens (tertiary/aromatic N) is 4. The lowest BCUT2D eigenvalue weighted by Crippen LogP contribution is -2.30. The Morgan fingerprint density at radius 3 is 2.30 bits per heavy atom. The van der Waals surface area contributed by atoms with Crippen molar-refractivity contribution in [1.82, 2.24) is 19.4 Å². The molecule has 0 atom stereocenters. The fourth-order valence-electron chi connectivity index (χ4n) is 3.65. The Balaban J connectivity index is 1.32. The molecule has 0 unspecified atom stereocenters. The molecule has 0 N–H and O–H groups in total. The first-order chi connectivity index (χ1) is 13.3. The van der Waals surface area contributed by atoms with E-state index >= 15 is 0 Å². The van der Waals surface area contributed by atoms with E-state index < -0.39 is 0 Å². The number of halogens is 1. The van der Waals surface area contributed by atoms with Crippen LogP contribution in [0.4, 0.5) is 4.39 Å². The molecule has 1 aliphatic heterocycles. The van der Waals surface area contributed by atoms with Crippen LogP contribution in [-0.4, -0.2) is 45.5 Å². The van der Waals surface area contributed by atoms with E-state index in [1.165, 1.54) is 5.56 Å². The van der Waals surface area contributed by atoms with Gasteiger partial charge in [0.2, 0.25) is 0 Å². The lowest BCUT2D eigenvalue weighted by Gasteiger charge is -2.22. The van der Waals surface area contributed by atoms with Gasteiger partial charge in [0.15, 0.2) is 0 Å². The van der Waals surface area contributed by atoms with Gasteiger partial charge in [0, 0.05) is 49.8 Å². The lowest BCUT2D eigenvalue weighted by atomic mass is 10.2. The van der Waals surface area contributed by atoms with Gasteiger partial charge in [-0.3, -0.25) is 9.80 Å². The normalized spacial score (nSPS) is 16.3. The van der Waals surface area contributed by atoms with Crippen molar-refractivity contribution >= 4 is 0 Å². The van der Waals surface area contributed by atoms with E-state index in [0.717, 1.165) is 50.4 Å². The van der Waals surface area contributed by atoms with Gasteiger partial charge in [0.25, 0.3) is 0 Å². The summed E-state index contributed by atoms with van der Waals surface area (Å²) in [4.78, 5) is 8.95. The summed E-state index contributed by atoms with van der Waals surface area (Å²) in [6.07, 6.45) is 6.67. The number of benzene rings is 2. The van der Waals surface area contributed by atoms with Crippen molar-refractivity contribution in [1.29, 1.82) is 0 Å². The summed E-state index contributed by atoms with van der Waals surface area (Å²) in [6.45, 7) is 5.73. The lowest BCUT2D eigenvalue weighted by molar-refractivity contribution is 0.245. The molecule has 1 aromatic heterocycles. The van der Waals surface area contributed by atoms with Gasteiger partial charge in [-0.15, -0.1) is 0 Å². The summed E-state index contributed by atoms with van der Waals surface area (Å²) in [6, 6.07) is 15.8. The standard InChI is InChI=1S/C22H25FN4/c23-22-5-2-1-4-20(22)17-26-12-3-11-25(14-15-26)16-19-6-8-21(9-7-19)27-13-10-24-18-27/h1-2,4-10,13,18H,3,11-12,14-17H2. The summed E-state index contributed by atoms with van der Waals surface area (Å²) in [5.74, 6) is -0.100. The summed E-state index contributed by atoms with van der Waals surface area (Å²) in [7, 11) is 0. The van der Waals surface area contributed by atoms with E-state index in [2.05, 4.69) is 39.0 Å². The number of imidazole rings is 1. The predicted molar refractivity (Wildman–Crippen MR) is 105 cm³/mol. The SMILES string of the molecule is Fc1ccccc1CN1CCCN(Cc2ccc(-n3ccnc3)cc2)CC1. The largest absolute Gasteiger partial charge is 0.306 e. The summed E-state index contributed by atoms with van der Waals surface area (Å²) in [5, 5.41) is 0. The molecule has 0 saturated carbocycles. The van der Waals surface area contributed by atoms with Gasteiger partial charge >= 0.3 is 0 Å². The van der Waals surface area contributed by atoms with Gasteiger partial charge in [-0.25, -0.2) is 9.37 Å². The molecule has 1 aliphatic rings. The van der Waals surface area contributed by atoms with Crippen molar-refractivity contribution in [3.05, 3.63) is 84.2 Å². The van der Waals surface area contributed by atoms with Crippen LogP contribution in [0.25, 0.3) is 5.69 Å². The van der Waals surface area contributed by atoms with Crippen LogP contribution in [0.5, 0.6) is 0 Å². The Morgan fingerprint density at radius 2 is 1.59 bits per heavy atom. The van der Waals surface area contributed by atoms with E-state index in [1.807, 2.05) is 29.2 Å². The van der Waals surface area contributed by atoms with Crippen molar-refractivity contribution in [3.8, 4) is 5.69 Å². The minimum atomic E-state index is -0.100. The Kier molecular flexibility index (Phi) is 5.61. The highest BCUT2D eigenvalue weighted by Crippen LogP contribution is 2.15. The smallest absolute Gasteiger partial charge is 0.127 e. The van der Waals surface area contributed by atoms with Gasteiger partial charge in [0.05, 0.1) is 6.33 Å². The fourth-order valence-corrected chi connectivity index (χ4v) is 3.65. The molecule has 0 amide bonds. The second-order valence-corrected chi connectivity index (χ2v) is 7.13. The molecule has 1 fully saturated rings. The monoisotopic (exact) mass is 364 g/mol. The molecule has 0 bridgehead atoms. The third kappa shape index (κ3) is 4.62. The summed E-state index contributed by atoms with van der Waals surface area (Å²) < 4.78 is 15.9. The maximum atomic E-state index is 13.9. The molecule has 140 valence electrons. The van der Waals surface area contributed by atoms with Crippen LogP contribution in [0.3, 0.4) is 0 Å². The van der Waals surface area contributed by atoms with Gasteiger partial charge in [-0.2, -0.15) is 0 Å². The summed E-state index contributed by atoms with van der Waals surface area (Å²) in [5.41, 5.74) is 3.24. The van der Waals surface area contributed by atoms with Gasteiger partial charge in [-0.05, 0) is 43.3 Å². The first-order valence-electron chi connectivity index (χ1n) is 9.53. The highest BCUT2D eigenvalue weighted by atomic mass is 19.1. The van der Waals surface area contributed by atoms with Crippen molar-refractivity contribution in [2.24, 2.45) is 0 Å². The quantitative estimate of drug-likeness (QED) is 0.690. The van der Waals surface area contributed by atoms with E-state index in [1.54, 1.807) is 18.3 Å². The molecule has 4 nitrogen and oxygen atoms in total. The molecule has 5 heteroatoms. The second-order valence-electron chi connectivity index (χ2n) is 7.13. The average molecular weight is 364 g/mol. The van der Waals surface area contributed by atoms with Crippen LogP contribution in [0.2, 0.25) is 0 Å². The maximum Gasteiger partial charge on any atom is 0.127 e. The average Bonchev–Trinajstić information content (AvgIpc) is 3.14. The van der Waals surface area contributed by atoms with E-state index in [0.29, 0.717) is 6.54 Å². The molecule has 27 heavy (non-hydrogen) atoms. The number of hydrogen-bond donors (Lipinski definition) is 0. The van der Waals surface area contributed by atoms with Crippen LogP contribution in [0.15, 0.2) is 67.3 Å². The number of aromatic nitrogens is 2. The van der Waals surface area contributed by atoms with Gasteiger partial charge in [-0.1, -0.05) is 30.3 Å². The topological polar surface area (TPSA) is 24.3 Å². The van der Waals surface area contributed by atoms with Crippen LogP contribution in [0, 0.1) is 5.82 Å².